The van der Waals surface area contributed by atoms with Gasteiger partial charge in [-0.05, 0) is 44.0 Å². The summed E-state index contributed by atoms with van der Waals surface area (Å²) in [7, 11) is 0. The van der Waals surface area contributed by atoms with Gasteiger partial charge < -0.3 is 15.4 Å². The molecule has 2 amide bonds. The molecule has 1 fully saturated rings. The van der Waals surface area contributed by atoms with E-state index in [0.717, 1.165) is 0 Å². The molecule has 0 saturated heterocycles. The number of carbonyl (C=O) groups is 2. The Balaban J connectivity index is 1.75. The van der Waals surface area contributed by atoms with E-state index in [1.54, 1.807) is 36.4 Å². The number of ether oxygens (including phenoxy) is 1. The molecular formula is C19H18Cl2N2O3. The molecule has 0 spiro atoms. The van der Waals surface area contributed by atoms with Crippen LogP contribution in [-0.4, -0.2) is 18.4 Å². The SMILES string of the molecule is CCOc1ccccc1NC(=O)C1(C(=O)Nc2cccc(Cl)c2Cl)CC1. The van der Waals surface area contributed by atoms with Crippen molar-refractivity contribution in [3.63, 3.8) is 0 Å². The van der Waals surface area contributed by atoms with Crippen molar-refractivity contribution in [3.8, 4) is 5.75 Å². The van der Waals surface area contributed by atoms with E-state index >= 15 is 0 Å². The second-order valence-corrected chi connectivity index (χ2v) is 6.81. The van der Waals surface area contributed by atoms with Crippen LogP contribution in [-0.2, 0) is 9.59 Å². The number of hydrogen-bond donors (Lipinski definition) is 2. The van der Waals surface area contributed by atoms with E-state index in [-0.39, 0.29) is 10.9 Å². The molecule has 2 aromatic carbocycles. The molecule has 3 rings (SSSR count). The zero-order valence-corrected chi connectivity index (χ0v) is 15.7. The van der Waals surface area contributed by atoms with Crippen LogP contribution in [0.2, 0.25) is 10.0 Å². The molecule has 26 heavy (non-hydrogen) atoms. The maximum absolute atomic E-state index is 12.8. The fourth-order valence-electron chi connectivity index (χ4n) is 2.62. The average Bonchev–Trinajstić information content (AvgIpc) is 3.43. The Hall–Kier alpha value is -2.24. The quantitative estimate of drug-likeness (QED) is 0.696. The lowest BCUT2D eigenvalue weighted by Crippen LogP contribution is -2.35. The summed E-state index contributed by atoms with van der Waals surface area (Å²) in [6, 6.07) is 12.1. The van der Waals surface area contributed by atoms with Crippen LogP contribution in [0.3, 0.4) is 0 Å². The van der Waals surface area contributed by atoms with Crippen molar-refractivity contribution >= 4 is 46.4 Å². The molecule has 0 unspecified atom stereocenters. The van der Waals surface area contributed by atoms with Crippen molar-refractivity contribution in [1.29, 1.82) is 0 Å². The third-order valence-electron chi connectivity index (χ3n) is 4.25. The summed E-state index contributed by atoms with van der Waals surface area (Å²) < 4.78 is 5.51. The van der Waals surface area contributed by atoms with E-state index in [1.165, 1.54) is 0 Å². The lowest BCUT2D eigenvalue weighted by molar-refractivity contribution is -0.131. The van der Waals surface area contributed by atoms with E-state index in [1.807, 2.05) is 13.0 Å². The van der Waals surface area contributed by atoms with Crippen molar-refractivity contribution < 1.29 is 14.3 Å². The highest BCUT2D eigenvalue weighted by molar-refractivity contribution is 6.44. The van der Waals surface area contributed by atoms with Crippen molar-refractivity contribution in [3.05, 3.63) is 52.5 Å². The summed E-state index contributed by atoms with van der Waals surface area (Å²) in [6.45, 7) is 2.34. The number of nitrogens with one attached hydrogen (secondary N) is 2. The van der Waals surface area contributed by atoms with Gasteiger partial charge in [0.2, 0.25) is 11.8 Å². The van der Waals surface area contributed by atoms with Gasteiger partial charge in [0.05, 0.1) is 28.0 Å². The monoisotopic (exact) mass is 392 g/mol. The van der Waals surface area contributed by atoms with Gasteiger partial charge in [-0.3, -0.25) is 9.59 Å². The third kappa shape index (κ3) is 3.64. The molecule has 2 N–H and O–H groups in total. The molecule has 1 aliphatic rings. The summed E-state index contributed by atoms with van der Waals surface area (Å²) in [6.07, 6.45) is 0.944. The standard InChI is InChI=1S/C19H18Cl2N2O3/c1-2-26-15-9-4-3-7-13(15)22-17(24)19(10-11-19)18(25)23-14-8-5-6-12(20)16(14)21/h3-9H,2,10-11H2,1H3,(H,22,24)(H,23,25). The first-order valence-corrected chi connectivity index (χ1v) is 9.02. The zero-order valence-electron chi connectivity index (χ0n) is 14.1. The molecule has 1 aliphatic carbocycles. The molecule has 1 saturated carbocycles. The Bertz CT molecular complexity index is 850. The van der Waals surface area contributed by atoms with Gasteiger partial charge in [0.25, 0.3) is 0 Å². The molecule has 0 aromatic heterocycles. The van der Waals surface area contributed by atoms with Gasteiger partial charge >= 0.3 is 0 Å². The van der Waals surface area contributed by atoms with Crippen LogP contribution in [0.5, 0.6) is 5.75 Å². The second-order valence-electron chi connectivity index (χ2n) is 6.02. The minimum atomic E-state index is -1.11. The van der Waals surface area contributed by atoms with Crippen molar-refractivity contribution in [1.82, 2.24) is 0 Å². The molecule has 136 valence electrons. The summed E-state index contributed by atoms with van der Waals surface area (Å²) in [4.78, 5) is 25.4. The highest BCUT2D eigenvalue weighted by atomic mass is 35.5. The normalized spacial score (nSPS) is 14.4. The number of benzene rings is 2. The molecule has 0 radical (unpaired) electrons. The predicted molar refractivity (Wildman–Crippen MR) is 103 cm³/mol. The predicted octanol–water partition coefficient (Wildman–Crippen LogP) is 4.75. The lowest BCUT2D eigenvalue weighted by Gasteiger charge is -2.17. The third-order valence-corrected chi connectivity index (χ3v) is 5.07. The number of rotatable bonds is 6. The summed E-state index contributed by atoms with van der Waals surface area (Å²) in [5.41, 5.74) is -0.178. The van der Waals surface area contributed by atoms with Gasteiger partial charge in [0, 0.05) is 0 Å². The topological polar surface area (TPSA) is 67.4 Å². The number of halogens is 2. The number of carbonyl (C=O) groups excluding carboxylic acids is 2. The van der Waals surface area contributed by atoms with Crippen LogP contribution in [0.1, 0.15) is 19.8 Å². The smallest absolute Gasteiger partial charge is 0.240 e. The van der Waals surface area contributed by atoms with Crippen molar-refractivity contribution in [2.75, 3.05) is 17.2 Å². The number of anilines is 2. The minimum Gasteiger partial charge on any atom is -0.492 e. The number of amides is 2. The minimum absolute atomic E-state index is 0.250. The Morgan fingerprint density at radius 2 is 1.62 bits per heavy atom. The molecular weight excluding hydrogens is 375 g/mol. The first-order valence-electron chi connectivity index (χ1n) is 8.26. The van der Waals surface area contributed by atoms with Gasteiger partial charge in [-0.15, -0.1) is 0 Å². The Morgan fingerprint density at radius 3 is 2.27 bits per heavy atom. The molecule has 0 heterocycles. The van der Waals surface area contributed by atoms with Gasteiger partial charge in [0.15, 0.2) is 0 Å². The largest absolute Gasteiger partial charge is 0.492 e. The first kappa shape index (κ1) is 18.5. The van der Waals surface area contributed by atoms with Crippen molar-refractivity contribution in [2.24, 2.45) is 5.41 Å². The van der Waals surface area contributed by atoms with Gasteiger partial charge in [0.1, 0.15) is 11.2 Å². The summed E-state index contributed by atoms with van der Waals surface area (Å²) >= 11 is 12.1. The Labute approximate surface area is 161 Å². The zero-order chi connectivity index (χ0) is 18.7. The number of para-hydroxylation sites is 2. The van der Waals surface area contributed by atoms with Gasteiger partial charge in [-0.1, -0.05) is 41.4 Å². The Kier molecular flexibility index (Phi) is 5.39. The molecule has 0 aliphatic heterocycles. The van der Waals surface area contributed by atoms with Crippen LogP contribution in [0, 0.1) is 5.41 Å². The first-order chi connectivity index (χ1) is 12.5. The van der Waals surface area contributed by atoms with Crippen LogP contribution in [0.25, 0.3) is 0 Å². The fraction of sp³-hybridized carbons (Fsp3) is 0.263. The van der Waals surface area contributed by atoms with E-state index in [9.17, 15) is 9.59 Å². The maximum Gasteiger partial charge on any atom is 0.240 e. The highest BCUT2D eigenvalue weighted by Gasteiger charge is 2.56. The van der Waals surface area contributed by atoms with Gasteiger partial charge in [-0.25, -0.2) is 0 Å². The highest BCUT2D eigenvalue weighted by Crippen LogP contribution is 2.48. The summed E-state index contributed by atoms with van der Waals surface area (Å²) in [5.74, 6) is -0.189. The molecule has 0 bridgehead atoms. The van der Waals surface area contributed by atoms with Crippen LogP contribution < -0.4 is 15.4 Å². The average molecular weight is 393 g/mol. The van der Waals surface area contributed by atoms with Crippen LogP contribution in [0.4, 0.5) is 11.4 Å². The summed E-state index contributed by atoms with van der Waals surface area (Å²) in [5, 5.41) is 6.11. The number of hydrogen-bond acceptors (Lipinski definition) is 3. The molecule has 0 atom stereocenters. The Morgan fingerprint density at radius 1 is 1.00 bits per heavy atom. The van der Waals surface area contributed by atoms with E-state index in [0.29, 0.717) is 41.6 Å². The van der Waals surface area contributed by atoms with Crippen molar-refractivity contribution in [2.45, 2.75) is 19.8 Å². The molecule has 2 aromatic rings. The maximum atomic E-state index is 12.8. The van der Waals surface area contributed by atoms with Gasteiger partial charge in [-0.2, -0.15) is 0 Å². The van der Waals surface area contributed by atoms with E-state index < -0.39 is 11.3 Å². The van der Waals surface area contributed by atoms with Crippen LogP contribution in [0.15, 0.2) is 42.5 Å². The fourth-order valence-corrected chi connectivity index (χ4v) is 2.97. The molecule has 5 nitrogen and oxygen atoms in total. The molecule has 7 heteroatoms. The van der Waals surface area contributed by atoms with E-state index in [4.69, 9.17) is 27.9 Å². The van der Waals surface area contributed by atoms with Crippen LogP contribution >= 0.6 is 23.2 Å². The van der Waals surface area contributed by atoms with E-state index in [2.05, 4.69) is 10.6 Å². The second kappa shape index (κ2) is 7.56. The lowest BCUT2D eigenvalue weighted by atomic mass is 10.0.